The molecule has 1 amide bonds. The van der Waals surface area contributed by atoms with Crippen LogP contribution in [0.1, 0.15) is 31.7 Å². The Morgan fingerprint density at radius 1 is 1.36 bits per heavy atom. The van der Waals surface area contributed by atoms with Crippen LogP contribution in [0.2, 0.25) is 0 Å². The zero-order valence-electron chi connectivity index (χ0n) is 13.6. The van der Waals surface area contributed by atoms with Gasteiger partial charge in [0.2, 0.25) is 5.91 Å². The van der Waals surface area contributed by atoms with Crippen molar-refractivity contribution in [1.82, 2.24) is 9.78 Å². The Morgan fingerprint density at radius 2 is 2.09 bits per heavy atom. The van der Waals surface area contributed by atoms with Gasteiger partial charge in [0.1, 0.15) is 0 Å². The van der Waals surface area contributed by atoms with Crippen LogP contribution in [0, 0.1) is 19.8 Å². The molecule has 2 rings (SSSR count). The summed E-state index contributed by atoms with van der Waals surface area (Å²) in [7, 11) is 0. The van der Waals surface area contributed by atoms with E-state index in [1.54, 1.807) is 0 Å². The van der Waals surface area contributed by atoms with E-state index in [4.69, 9.17) is 5.73 Å². The molecule has 0 saturated heterocycles. The van der Waals surface area contributed by atoms with Crippen molar-refractivity contribution in [2.45, 2.75) is 40.2 Å². The van der Waals surface area contributed by atoms with E-state index in [0.717, 1.165) is 29.2 Å². The maximum absolute atomic E-state index is 12.2. The number of hydrogen-bond donors (Lipinski definition) is 2. The fraction of sp³-hybridized carbons (Fsp3) is 0.412. The molecular formula is C17H24N4O. The summed E-state index contributed by atoms with van der Waals surface area (Å²) >= 11 is 0. The summed E-state index contributed by atoms with van der Waals surface area (Å²) in [6.07, 6.45) is 0.875. The average molecular weight is 300 g/mol. The monoisotopic (exact) mass is 300 g/mol. The van der Waals surface area contributed by atoms with Gasteiger partial charge in [-0.15, -0.1) is 0 Å². The molecule has 0 spiro atoms. The topological polar surface area (TPSA) is 72.9 Å². The molecule has 3 N–H and O–H groups in total. The Bertz CT molecular complexity index is 662. The second-order valence-corrected chi connectivity index (χ2v) is 5.79. The summed E-state index contributed by atoms with van der Waals surface area (Å²) in [6.45, 7) is 7.97. The predicted octanol–water partition coefficient (Wildman–Crippen LogP) is 2.80. The SMILES string of the molecule is CCC(C)C(N)C(=O)Nc1cccc(-n2nc(C)cc2C)c1. The highest BCUT2D eigenvalue weighted by atomic mass is 16.2. The number of nitrogens with two attached hydrogens (primary N) is 1. The maximum atomic E-state index is 12.2. The van der Waals surface area contributed by atoms with Crippen LogP contribution >= 0.6 is 0 Å². The first-order chi connectivity index (χ1) is 10.4. The zero-order chi connectivity index (χ0) is 16.3. The standard InChI is InChI=1S/C17H24N4O/c1-5-11(2)16(18)17(22)19-14-7-6-8-15(10-14)21-13(4)9-12(3)20-21/h6-11,16H,5,18H2,1-4H3,(H,19,22). The molecule has 22 heavy (non-hydrogen) atoms. The van der Waals surface area contributed by atoms with Gasteiger partial charge in [-0.3, -0.25) is 4.79 Å². The van der Waals surface area contributed by atoms with Crippen LogP contribution in [-0.4, -0.2) is 21.7 Å². The number of rotatable bonds is 5. The highest BCUT2D eigenvalue weighted by Gasteiger charge is 2.19. The van der Waals surface area contributed by atoms with Gasteiger partial charge in [0, 0.05) is 11.4 Å². The van der Waals surface area contributed by atoms with Crippen molar-refractivity contribution in [3.8, 4) is 5.69 Å². The summed E-state index contributed by atoms with van der Waals surface area (Å²) in [5, 5.41) is 7.34. The first kappa shape index (κ1) is 16.2. The smallest absolute Gasteiger partial charge is 0.241 e. The third-order valence-corrected chi connectivity index (χ3v) is 3.93. The Morgan fingerprint density at radius 3 is 2.68 bits per heavy atom. The van der Waals surface area contributed by atoms with Crippen LogP contribution in [0.15, 0.2) is 30.3 Å². The van der Waals surface area contributed by atoms with Crippen molar-refractivity contribution in [3.05, 3.63) is 41.7 Å². The predicted molar refractivity (Wildman–Crippen MR) is 89.1 cm³/mol. The maximum Gasteiger partial charge on any atom is 0.241 e. The largest absolute Gasteiger partial charge is 0.325 e. The highest BCUT2D eigenvalue weighted by Crippen LogP contribution is 2.17. The van der Waals surface area contributed by atoms with Crippen LogP contribution in [0.5, 0.6) is 0 Å². The van der Waals surface area contributed by atoms with E-state index < -0.39 is 6.04 Å². The van der Waals surface area contributed by atoms with E-state index in [2.05, 4.69) is 10.4 Å². The molecule has 0 fully saturated rings. The quantitative estimate of drug-likeness (QED) is 0.891. The third-order valence-electron chi connectivity index (χ3n) is 3.93. The molecule has 118 valence electrons. The number of benzene rings is 1. The minimum absolute atomic E-state index is 0.152. The van der Waals surface area contributed by atoms with Gasteiger partial charge >= 0.3 is 0 Å². The number of amides is 1. The highest BCUT2D eigenvalue weighted by molar-refractivity contribution is 5.95. The number of anilines is 1. The number of nitrogens with one attached hydrogen (secondary N) is 1. The fourth-order valence-corrected chi connectivity index (χ4v) is 2.34. The summed E-state index contributed by atoms with van der Waals surface area (Å²) < 4.78 is 1.86. The van der Waals surface area contributed by atoms with Gasteiger partial charge in [0.05, 0.1) is 17.4 Å². The number of aryl methyl sites for hydroxylation is 2. The second kappa shape index (κ2) is 6.75. The average Bonchev–Trinajstić information content (AvgIpc) is 2.84. The lowest BCUT2D eigenvalue weighted by atomic mass is 9.99. The number of nitrogens with zero attached hydrogens (tertiary/aromatic N) is 2. The van der Waals surface area contributed by atoms with Gasteiger partial charge in [0.15, 0.2) is 0 Å². The number of carbonyl (C=O) groups excluding carboxylic acids is 1. The number of aromatic nitrogens is 2. The lowest BCUT2D eigenvalue weighted by Gasteiger charge is -2.18. The molecule has 5 nitrogen and oxygen atoms in total. The number of hydrogen-bond acceptors (Lipinski definition) is 3. The van der Waals surface area contributed by atoms with Crippen LogP contribution in [0.3, 0.4) is 0 Å². The minimum Gasteiger partial charge on any atom is -0.325 e. The van der Waals surface area contributed by atoms with Crippen molar-refractivity contribution in [2.75, 3.05) is 5.32 Å². The Kier molecular flexibility index (Phi) is 4.98. The van der Waals surface area contributed by atoms with Crippen LogP contribution in [-0.2, 0) is 4.79 Å². The van der Waals surface area contributed by atoms with Crippen LogP contribution < -0.4 is 11.1 Å². The molecule has 2 atom stereocenters. The minimum atomic E-state index is -0.498. The van der Waals surface area contributed by atoms with Gasteiger partial charge in [-0.05, 0) is 44.0 Å². The van der Waals surface area contributed by atoms with Gasteiger partial charge in [-0.1, -0.05) is 26.3 Å². The van der Waals surface area contributed by atoms with Crippen molar-refractivity contribution in [3.63, 3.8) is 0 Å². The van der Waals surface area contributed by atoms with E-state index in [0.29, 0.717) is 0 Å². The molecule has 0 radical (unpaired) electrons. The lowest BCUT2D eigenvalue weighted by Crippen LogP contribution is -2.40. The van der Waals surface area contributed by atoms with Crippen molar-refractivity contribution in [2.24, 2.45) is 11.7 Å². The first-order valence-electron chi connectivity index (χ1n) is 7.62. The molecule has 1 aromatic heterocycles. The Hall–Kier alpha value is -2.14. The van der Waals surface area contributed by atoms with Gasteiger partial charge in [-0.25, -0.2) is 4.68 Å². The van der Waals surface area contributed by atoms with Gasteiger partial charge < -0.3 is 11.1 Å². The molecule has 5 heteroatoms. The summed E-state index contributed by atoms with van der Waals surface area (Å²) in [4.78, 5) is 12.2. The molecule has 0 saturated carbocycles. The molecule has 1 aromatic carbocycles. The van der Waals surface area contributed by atoms with Crippen molar-refractivity contribution < 1.29 is 4.79 Å². The van der Waals surface area contributed by atoms with E-state index >= 15 is 0 Å². The number of carbonyl (C=O) groups is 1. The fourth-order valence-electron chi connectivity index (χ4n) is 2.34. The van der Waals surface area contributed by atoms with Crippen molar-refractivity contribution in [1.29, 1.82) is 0 Å². The Labute approximate surface area is 131 Å². The van der Waals surface area contributed by atoms with Crippen LogP contribution in [0.4, 0.5) is 5.69 Å². The summed E-state index contributed by atoms with van der Waals surface area (Å²) in [5.41, 5.74) is 9.63. The summed E-state index contributed by atoms with van der Waals surface area (Å²) in [6, 6.07) is 9.14. The molecule has 2 unspecified atom stereocenters. The Balaban J connectivity index is 2.19. The molecule has 0 aliphatic carbocycles. The molecule has 0 bridgehead atoms. The molecule has 1 heterocycles. The van der Waals surface area contributed by atoms with Crippen LogP contribution in [0.25, 0.3) is 5.69 Å². The molecule has 2 aromatic rings. The zero-order valence-corrected chi connectivity index (χ0v) is 13.6. The molecule has 0 aliphatic heterocycles. The van der Waals surface area contributed by atoms with Crippen molar-refractivity contribution >= 4 is 11.6 Å². The third kappa shape index (κ3) is 3.54. The van der Waals surface area contributed by atoms with E-state index in [1.165, 1.54) is 0 Å². The first-order valence-corrected chi connectivity index (χ1v) is 7.62. The van der Waals surface area contributed by atoms with Gasteiger partial charge in [-0.2, -0.15) is 5.10 Å². The van der Waals surface area contributed by atoms with E-state index in [-0.39, 0.29) is 11.8 Å². The lowest BCUT2D eigenvalue weighted by molar-refractivity contribution is -0.118. The molecular weight excluding hydrogens is 276 g/mol. The van der Waals surface area contributed by atoms with Gasteiger partial charge in [0.25, 0.3) is 0 Å². The molecule has 0 aliphatic rings. The normalized spacial score (nSPS) is 13.7. The van der Waals surface area contributed by atoms with E-state index in [9.17, 15) is 4.79 Å². The van der Waals surface area contributed by atoms with E-state index in [1.807, 2.05) is 62.7 Å². The second-order valence-electron chi connectivity index (χ2n) is 5.79. The summed E-state index contributed by atoms with van der Waals surface area (Å²) in [5.74, 6) is -0.000870.